The number of alkyl halides is 3. The number of ether oxygens (including phenoxy) is 3. The molecule has 116 valence electrons. The number of nitrogens with two attached hydrogens (primary N) is 1. The van der Waals surface area contributed by atoms with Crippen LogP contribution in [0.25, 0.3) is 0 Å². The molecular weight excluding hydrogens is 291 g/mol. The summed E-state index contributed by atoms with van der Waals surface area (Å²) in [7, 11) is 0. The second kappa shape index (κ2) is 6.21. The standard InChI is InChI=1S/C13H14F3NO4/c14-13(15,16)21-11-2-1-9(5-10(11)17)12(18)20-7-8-3-4-19-6-8/h1-2,5,8H,3-4,6-7,17H2. The number of anilines is 1. The number of benzene rings is 1. The second-order valence-corrected chi connectivity index (χ2v) is 4.63. The van der Waals surface area contributed by atoms with Gasteiger partial charge in [-0.15, -0.1) is 13.2 Å². The van der Waals surface area contributed by atoms with Crippen molar-refractivity contribution in [2.75, 3.05) is 25.6 Å². The first-order chi connectivity index (χ1) is 9.85. The molecule has 1 aliphatic rings. The van der Waals surface area contributed by atoms with E-state index in [1.807, 2.05) is 0 Å². The molecule has 21 heavy (non-hydrogen) atoms. The van der Waals surface area contributed by atoms with Crippen LogP contribution in [0.3, 0.4) is 0 Å². The third kappa shape index (κ3) is 4.52. The van der Waals surface area contributed by atoms with E-state index >= 15 is 0 Å². The largest absolute Gasteiger partial charge is 0.573 e. The van der Waals surface area contributed by atoms with Gasteiger partial charge in [-0.25, -0.2) is 4.79 Å². The van der Waals surface area contributed by atoms with Crippen LogP contribution >= 0.6 is 0 Å². The molecule has 0 spiro atoms. The Morgan fingerprint density at radius 3 is 2.76 bits per heavy atom. The summed E-state index contributed by atoms with van der Waals surface area (Å²) >= 11 is 0. The molecule has 0 saturated carbocycles. The van der Waals surface area contributed by atoms with Gasteiger partial charge in [-0.3, -0.25) is 0 Å². The summed E-state index contributed by atoms with van der Waals surface area (Å²) in [6.45, 7) is 1.38. The Bertz CT molecular complexity index is 513. The fourth-order valence-corrected chi connectivity index (χ4v) is 1.88. The fraction of sp³-hybridized carbons (Fsp3) is 0.462. The third-order valence-corrected chi connectivity index (χ3v) is 2.95. The average molecular weight is 305 g/mol. The van der Waals surface area contributed by atoms with Crippen molar-refractivity contribution in [2.45, 2.75) is 12.8 Å². The lowest BCUT2D eigenvalue weighted by atomic mass is 10.1. The van der Waals surface area contributed by atoms with E-state index in [0.717, 1.165) is 18.6 Å². The number of nitrogen functional groups attached to an aromatic ring is 1. The van der Waals surface area contributed by atoms with E-state index < -0.39 is 18.1 Å². The summed E-state index contributed by atoms with van der Waals surface area (Å²) in [6, 6.07) is 3.25. The van der Waals surface area contributed by atoms with Crippen molar-refractivity contribution in [3.8, 4) is 5.75 Å². The predicted octanol–water partition coefficient (Wildman–Crippen LogP) is 2.36. The first-order valence-corrected chi connectivity index (χ1v) is 6.25. The molecule has 1 atom stereocenters. The first-order valence-electron chi connectivity index (χ1n) is 6.25. The molecule has 0 aromatic heterocycles. The van der Waals surface area contributed by atoms with Crippen molar-refractivity contribution in [2.24, 2.45) is 5.92 Å². The minimum Gasteiger partial charge on any atom is -0.462 e. The quantitative estimate of drug-likeness (QED) is 0.683. The molecule has 0 amide bonds. The monoisotopic (exact) mass is 305 g/mol. The molecule has 1 aliphatic heterocycles. The Balaban J connectivity index is 1.96. The van der Waals surface area contributed by atoms with Gasteiger partial charge in [0.25, 0.3) is 0 Å². The minimum atomic E-state index is -4.83. The summed E-state index contributed by atoms with van der Waals surface area (Å²) in [4.78, 5) is 11.8. The summed E-state index contributed by atoms with van der Waals surface area (Å²) in [6.07, 6.45) is -4.02. The number of hydrogen-bond acceptors (Lipinski definition) is 5. The van der Waals surface area contributed by atoms with E-state index in [1.54, 1.807) is 0 Å². The van der Waals surface area contributed by atoms with Gasteiger partial charge >= 0.3 is 12.3 Å². The number of esters is 1. The van der Waals surface area contributed by atoms with Crippen LogP contribution in [0.5, 0.6) is 5.75 Å². The molecule has 2 rings (SSSR count). The van der Waals surface area contributed by atoms with Gasteiger partial charge in [0, 0.05) is 12.5 Å². The van der Waals surface area contributed by atoms with Gasteiger partial charge in [0.15, 0.2) is 5.75 Å². The maximum absolute atomic E-state index is 12.1. The SMILES string of the molecule is Nc1cc(C(=O)OCC2CCOC2)ccc1OC(F)(F)F. The average Bonchev–Trinajstić information content (AvgIpc) is 2.90. The normalized spacial score (nSPS) is 18.5. The molecule has 0 radical (unpaired) electrons. The van der Waals surface area contributed by atoms with Gasteiger partial charge in [0.05, 0.1) is 24.5 Å². The zero-order valence-corrected chi connectivity index (χ0v) is 11.0. The van der Waals surface area contributed by atoms with E-state index in [2.05, 4.69) is 4.74 Å². The van der Waals surface area contributed by atoms with E-state index in [9.17, 15) is 18.0 Å². The van der Waals surface area contributed by atoms with Gasteiger partial charge in [-0.2, -0.15) is 0 Å². The molecule has 0 aliphatic carbocycles. The fourth-order valence-electron chi connectivity index (χ4n) is 1.88. The molecule has 1 aromatic rings. The van der Waals surface area contributed by atoms with Crippen LogP contribution < -0.4 is 10.5 Å². The summed E-state index contributed by atoms with van der Waals surface area (Å²) in [5.74, 6) is -1.05. The van der Waals surface area contributed by atoms with Crippen LogP contribution in [-0.2, 0) is 9.47 Å². The van der Waals surface area contributed by atoms with Gasteiger partial charge in [-0.05, 0) is 24.6 Å². The van der Waals surface area contributed by atoms with Gasteiger partial charge < -0.3 is 19.9 Å². The van der Waals surface area contributed by atoms with E-state index in [4.69, 9.17) is 15.2 Å². The first kappa shape index (κ1) is 15.4. The lowest BCUT2D eigenvalue weighted by Gasteiger charge is -2.12. The zero-order chi connectivity index (χ0) is 15.5. The Hall–Kier alpha value is -1.96. The van der Waals surface area contributed by atoms with Crippen molar-refractivity contribution in [1.82, 2.24) is 0 Å². The minimum absolute atomic E-state index is 0.0703. The lowest BCUT2D eigenvalue weighted by molar-refractivity contribution is -0.274. The van der Waals surface area contributed by atoms with Crippen LogP contribution in [-0.4, -0.2) is 32.2 Å². The van der Waals surface area contributed by atoms with Crippen molar-refractivity contribution < 1.29 is 32.2 Å². The molecule has 1 saturated heterocycles. The number of halogens is 3. The van der Waals surface area contributed by atoms with Crippen molar-refractivity contribution >= 4 is 11.7 Å². The number of carbonyl (C=O) groups is 1. The van der Waals surface area contributed by atoms with Gasteiger partial charge in [0.2, 0.25) is 0 Å². The highest BCUT2D eigenvalue weighted by Gasteiger charge is 2.32. The topological polar surface area (TPSA) is 70.8 Å². The highest BCUT2D eigenvalue weighted by atomic mass is 19.4. The highest BCUT2D eigenvalue weighted by Crippen LogP contribution is 2.29. The van der Waals surface area contributed by atoms with E-state index in [1.165, 1.54) is 6.07 Å². The van der Waals surface area contributed by atoms with Crippen LogP contribution in [0.4, 0.5) is 18.9 Å². The van der Waals surface area contributed by atoms with Gasteiger partial charge in [0.1, 0.15) is 0 Å². The predicted molar refractivity (Wildman–Crippen MR) is 66.7 cm³/mol. The third-order valence-electron chi connectivity index (χ3n) is 2.95. The van der Waals surface area contributed by atoms with Crippen LogP contribution in [0.2, 0.25) is 0 Å². The smallest absolute Gasteiger partial charge is 0.462 e. The summed E-state index contributed by atoms with van der Waals surface area (Å²) in [5, 5.41) is 0. The molecule has 0 bridgehead atoms. The maximum atomic E-state index is 12.1. The van der Waals surface area contributed by atoms with Crippen molar-refractivity contribution in [3.05, 3.63) is 23.8 Å². The van der Waals surface area contributed by atoms with Gasteiger partial charge in [-0.1, -0.05) is 0 Å². The number of carbonyl (C=O) groups excluding carboxylic acids is 1. The molecule has 1 fully saturated rings. The summed E-state index contributed by atoms with van der Waals surface area (Å²) < 4.78 is 50.2. The Morgan fingerprint density at radius 1 is 1.43 bits per heavy atom. The number of rotatable bonds is 4. The Kier molecular flexibility index (Phi) is 4.56. The van der Waals surface area contributed by atoms with E-state index in [-0.39, 0.29) is 23.8 Å². The molecule has 1 aromatic carbocycles. The van der Waals surface area contributed by atoms with Crippen molar-refractivity contribution in [3.63, 3.8) is 0 Å². The summed E-state index contributed by atoms with van der Waals surface area (Å²) in [5.41, 5.74) is 5.22. The maximum Gasteiger partial charge on any atom is 0.573 e. The molecule has 1 unspecified atom stereocenters. The highest BCUT2D eigenvalue weighted by molar-refractivity contribution is 5.91. The number of hydrogen-bond donors (Lipinski definition) is 1. The Morgan fingerprint density at radius 2 is 2.19 bits per heavy atom. The zero-order valence-electron chi connectivity index (χ0n) is 11.0. The molecule has 1 heterocycles. The molecule has 2 N–H and O–H groups in total. The molecular formula is C13H14F3NO4. The van der Waals surface area contributed by atoms with Crippen LogP contribution in [0.1, 0.15) is 16.8 Å². The van der Waals surface area contributed by atoms with Crippen molar-refractivity contribution in [1.29, 1.82) is 0 Å². The molecule has 8 heteroatoms. The Labute approximate surface area is 118 Å². The van der Waals surface area contributed by atoms with Crippen LogP contribution in [0, 0.1) is 5.92 Å². The second-order valence-electron chi connectivity index (χ2n) is 4.63. The van der Waals surface area contributed by atoms with Crippen LogP contribution in [0.15, 0.2) is 18.2 Å². The molecule has 5 nitrogen and oxygen atoms in total. The van der Waals surface area contributed by atoms with E-state index in [0.29, 0.717) is 13.2 Å². The lowest BCUT2D eigenvalue weighted by Crippen LogP contribution is -2.18.